The van der Waals surface area contributed by atoms with Crippen molar-refractivity contribution in [2.24, 2.45) is 0 Å². The maximum Gasteiger partial charge on any atom is 0.141 e. The second-order valence-corrected chi connectivity index (χ2v) is 2.41. The summed E-state index contributed by atoms with van der Waals surface area (Å²) in [6, 6.07) is 1.41. The largest absolute Gasteiger partial charge is 0.395 e. The Labute approximate surface area is 70.3 Å². The second kappa shape index (κ2) is 4.79. The van der Waals surface area contributed by atoms with Crippen LogP contribution in [-0.4, -0.2) is 23.2 Å². The molecule has 0 aliphatic rings. The van der Waals surface area contributed by atoms with Gasteiger partial charge >= 0.3 is 0 Å². The fourth-order valence-corrected chi connectivity index (χ4v) is 0.864. The van der Waals surface area contributed by atoms with Crippen LogP contribution in [0, 0.1) is 5.82 Å². The molecule has 12 heavy (non-hydrogen) atoms. The summed E-state index contributed by atoms with van der Waals surface area (Å²) in [6.07, 6.45) is 2.75. The predicted molar refractivity (Wildman–Crippen MR) is 43.0 cm³/mol. The Morgan fingerprint density at radius 2 is 2.33 bits per heavy atom. The van der Waals surface area contributed by atoms with E-state index >= 15 is 0 Å². The highest BCUT2D eigenvalue weighted by Crippen LogP contribution is 1.99. The lowest BCUT2D eigenvalue weighted by Crippen LogP contribution is -2.17. The molecule has 66 valence electrons. The van der Waals surface area contributed by atoms with Crippen LogP contribution in [0.5, 0.6) is 0 Å². The molecule has 0 saturated heterocycles. The first-order valence-corrected chi connectivity index (χ1v) is 3.74. The number of rotatable bonds is 4. The number of hydrogen-bond acceptors (Lipinski definition) is 3. The number of halogens is 1. The molecule has 3 nitrogen and oxygen atoms in total. The monoisotopic (exact) mass is 170 g/mol. The number of aliphatic hydroxyl groups is 1. The third kappa shape index (κ3) is 2.94. The Morgan fingerprint density at radius 1 is 1.50 bits per heavy atom. The second-order valence-electron chi connectivity index (χ2n) is 2.41. The molecule has 1 aromatic rings. The maximum atomic E-state index is 12.5. The Morgan fingerprint density at radius 3 is 3.00 bits per heavy atom. The van der Waals surface area contributed by atoms with Gasteiger partial charge in [-0.15, -0.1) is 0 Å². The van der Waals surface area contributed by atoms with Gasteiger partial charge in [-0.05, 0) is 11.6 Å². The molecule has 0 bridgehead atoms. The molecule has 1 aromatic heterocycles. The van der Waals surface area contributed by atoms with Crippen LogP contribution in [0.2, 0.25) is 0 Å². The van der Waals surface area contributed by atoms with Crippen LogP contribution in [-0.2, 0) is 6.54 Å². The van der Waals surface area contributed by atoms with Crippen LogP contribution < -0.4 is 5.32 Å². The van der Waals surface area contributed by atoms with Gasteiger partial charge in [0.2, 0.25) is 0 Å². The summed E-state index contributed by atoms with van der Waals surface area (Å²) < 4.78 is 12.5. The summed E-state index contributed by atoms with van der Waals surface area (Å²) >= 11 is 0. The van der Waals surface area contributed by atoms with E-state index in [0.717, 1.165) is 11.8 Å². The molecule has 0 amide bonds. The minimum atomic E-state index is -0.335. The summed E-state index contributed by atoms with van der Waals surface area (Å²) in [7, 11) is 0. The van der Waals surface area contributed by atoms with Crippen molar-refractivity contribution in [1.82, 2.24) is 10.3 Å². The van der Waals surface area contributed by atoms with Gasteiger partial charge in [0.1, 0.15) is 5.82 Å². The number of hydrogen-bond donors (Lipinski definition) is 2. The van der Waals surface area contributed by atoms with Gasteiger partial charge in [0, 0.05) is 19.3 Å². The van der Waals surface area contributed by atoms with Gasteiger partial charge in [-0.1, -0.05) is 0 Å². The van der Waals surface area contributed by atoms with Crippen molar-refractivity contribution in [3.63, 3.8) is 0 Å². The molecular weight excluding hydrogens is 159 g/mol. The normalized spacial score (nSPS) is 10.2. The quantitative estimate of drug-likeness (QED) is 0.639. The van der Waals surface area contributed by atoms with Gasteiger partial charge in [0.05, 0.1) is 12.8 Å². The van der Waals surface area contributed by atoms with Crippen molar-refractivity contribution in [1.29, 1.82) is 0 Å². The fourth-order valence-electron chi connectivity index (χ4n) is 0.864. The minimum Gasteiger partial charge on any atom is -0.395 e. The third-order valence-electron chi connectivity index (χ3n) is 1.38. The van der Waals surface area contributed by atoms with Crippen LogP contribution in [0.4, 0.5) is 4.39 Å². The zero-order valence-electron chi connectivity index (χ0n) is 6.63. The van der Waals surface area contributed by atoms with Gasteiger partial charge in [0.25, 0.3) is 0 Å². The molecule has 0 radical (unpaired) electrons. The number of aromatic nitrogens is 1. The van der Waals surface area contributed by atoms with Crippen LogP contribution >= 0.6 is 0 Å². The lowest BCUT2D eigenvalue weighted by Gasteiger charge is -2.01. The summed E-state index contributed by atoms with van der Waals surface area (Å²) in [4.78, 5) is 3.69. The van der Waals surface area contributed by atoms with Gasteiger partial charge < -0.3 is 10.4 Å². The fraction of sp³-hybridized carbons (Fsp3) is 0.375. The smallest absolute Gasteiger partial charge is 0.141 e. The molecular formula is C8H11FN2O. The van der Waals surface area contributed by atoms with E-state index in [0.29, 0.717) is 13.1 Å². The lowest BCUT2D eigenvalue weighted by molar-refractivity contribution is 0.292. The van der Waals surface area contributed by atoms with Gasteiger partial charge in [-0.3, -0.25) is 4.98 Å². The molecule has 0 aliphatic carbocycles. The Bertz CT molecular complexity index is 242. The lowest BCUT2D eigenvalue weighted by atomic mass is 10.3. The molecule has 2 N–H and O–H groups in total. The first kappa shape index (κ1) is 9.09. The van der Waals surface area contributed by atoms with E-state index in [4.69, 9.17) is 5.11 Å². The molecule has 0 unspecified atom stereocenters. The summed E-state index contributed by atoms with van der Waals surface area (Å²) in [5.74, 6) is -0.335. The summed E-state index contributed by atoms with van der Waals surface area (Å²) in [5, 5.41) is 11.4. The number of pyridine rings is 1. The average Bonchev–Trinajstić information content (AvgIpc) is 2.05. The highest BCUT2D eigenvalue weighted by Gasteiger charge is 1.94. The van der Waals surface area contributed by atoms with Crippen LogP contribution in [0.3, 0.4) is 0 Å². The Kier molecular flexibility index (Phi) is 3.63. The Balaban J connectivity index is 2.41. The van der Waals surface area contributed by atoms with Crippen molar-refractivity contribution >= 4 is 0 Å². The minimum absolute atomic E-state index is 0.0861. The highest BCUT2D eigenvalue weighted by molar-refractivity contribution is 5.09. The van der Waals surface area contributed by atoms with Crippen molar-refractivity contribution in [2.75, 3.05) is 13.2 Å². The SMILES string of the molecule is OCCNCc1cncc(F)c1. The van der Waals surface area contributed by atoms with E-state index < -0.39 is 0 Å². The van der Waals surface area contributed by atoms with Crippen LogP contribution in [0.25, 0.3) is 0 Å². The maximum absolute atomic E-state index is 12.5. The highest BCUT2D eigenvalue weighted by atomic mass is 19.1. The van der Waals surface area contributed by atoms with E-state index in [-0.39, 0.29) is 12.4 Å². The van der Waals surface area contributed by atoms with Crippen molar-refractivity contribution in [3.8, 4) is 0 Å². The molecule has 0 atom stereocenters. The molecule has 1 heterocycles. The van der Waals surface area contributed by atoms with E-state index in [2.05, 4.69) is 10.3 Å². The summed E-state index contributed by atoms with van der Waals surface area (Å²) in [6.45, 7) is 1.13. The zero-order chi connectivity index (χ0) is 8.81. The number of aliphatic hydroxyl groups excluding tert-OH is 1. The first-order valence-electron chi connectivity index (χ1n) is 3.74. The van der Waals surface area contributed by atoms with Crippen LogP contribution in [0.15, 0.2) is 18.5 Å². The molecule has 0 saturated carbocycles. The van der Waals surface area contributed by atoms with E-state index in [9.17, 15) is 4.39 Å². The predicted octanol–water partition coefficient (Wildman–Crippen LogP) is 0.303. The molecule has 0 aliphatic heterocycles. The standard InChI is InChI=1S/C8H11FN2O/c9-8-3-7(5-11-6-8)4-10-1-2-12/h3,5-6,10,12H,1-2,4H2. The molecule has 0 spiro atoms. The zero-order valence-corrected chi connectivity index (χ0v) is 6.63. The molecule has 1 rings (SSSR count). The average molecular weight is 170 g/mol. The van der Waals surface area contributed by atoms with Crippen molar-refractivity contribution in [3.05, 3.63) is 29.8 Å². The van der Waals surface area contributed by atoms with Gasteiger partial charge in [-0.25, -0.2) is 4.39 Å². The van der Waals surface area contributed by atoms with Gasteiger partial charge in [0.15, 0.2) is 0 Å². The number of nitrogens with one attached hydrogen (secondary N) is 1. The van der Waals surface area contributed by atoms with E-state index in [1.54, 1.807) is 6.20 Å². The molecule has 0 fully saturated rings. The Hall–Kier alpha value is -1.00. The topological polar surface area (TPSA) is 45.1 Å². The van der Waals surface area contributed by atoms with Crippen molar-refractivity contribution < 1.29 is 9.50 Å². The third-order valence-corrected chi connectivity index (χ3v) is 1.38. The van der Waals surface area contributed by atoms with Crippen molar-refractivity contribution in [2.45, 2.75) is 6.54 Å². The van der Waals surface area contributed by atoms with E-state index in [1.165, 1.54) is 6.07 Å². The van der Waals surface area contributed by atoms with Crippen LogP contribution in [0.1, 0.15) is 5.56 Å². The van der Waals surface area contributed by atoms with E-state index in [1.807, 2.05) is 0 Å². The molecule has 0 aromatic carbocycles. The summed E-state index contributed by atoms with van der Waals surface area (Å²) in [5.41, 5.74) is 0.781. The molecule has 4 heteroatoms. The first-order chi connectivity index (χ1) is 5.83. The van der Waals surface area contributed by atoms with Gasteiger partial charge in [-0.2, -0.15) is 0 Å². The number of nitrogens with zero attached hydrogens (tertiary/aromatic N) is 1.